The van der Waals surface area contributed by atoms with Crippen molar-refractivity contribution >= 4 is 15.7 Å². The Balaban J connectivity index is 2.07. The van der Waals surface area contributed by atoms with Crippen LogP contribution in [0.2, 0.25) is 0 Å². The maximum Gasteiger partial charge on any atom is 0.281 e. The molecule has 1 aromatic heterocycles. The van der Waals surface area contributed by atoms with Crippen LogP contribution in [0.15, 0.2) is 41.6 Å². The van der Waals surface area contributed by atoms with Gasteiger partial charge < -0.3 is 5.73 Å². The first-order valence-corrected chi connectivity index (χ1v) is 8.29. The highest BCUT2D eigenvalue weighted by atomic mass is 32.2. The van der Waals surface area contributed by atoms with E-state index in [1.165, 1.54) is 21.3 Å². The van der Waals surface area contributed by atoms with Gasteiger partial charge in [0.2, 0.25) is 0 Å². The fraction of sp³-hybridized carbons (Fsp3) is 0.357. The molecule has 1 aliphatic rings. The lowest BCUT2D eigenvalue weighted by Gasteiger charge is -2.19. The predicted octanol–water partition coefficient (Wildman–Crippen LogP) is 1.06. The lowest BCUT2D eigenvalue weighted by atomic mass is 9.98. The Morgan fingerprint density at radius 2 is 2.10 bits per heavy atom. The normalized spacial score (nSPS) is 18.0. The van der Waals surface area contributed by atoms with E-state index in [4.69, 9.17) is 5.73 Å². The van der Waals surface area contributed by atoms with Gasteiger partial charge in [-0.25, -0.2) is 0 Å². The monoisotopic (exact) mass is 306 g/mol. The number of aromatic nitrogens is 2. The van der Waals surface area contributed by atoms with Gasteiger partial charge in [0.1, 0.15) is 0 Å². The second-order valence-corrected chi connectivity index (χ2v) is 6.97. The zero-order chi connectivity index (χ0) is 15.0. The van der Waals surface area contributed by atoms with Crippen LogP contribution < -0.4 is 10.0 Å². The van der Waals surface area contributed by atoms with Crippen molar-refractivity contribution in [1.29, 1.82) is 0 Å². The number of hydrogen-bond acceptors (Lipinski definition) is 4. The molecule has 0 radical (unpaired) electrons. The Bertz CT molecular complexity index is 754. The number of hydrogen-bond donors (Lipinski definition) is 1. The van der Waals surface area contributed by atoms with Crippen LogP contribution in [-0.4, -0.2) is 31.3 Å². The second kappa shape index (κ2) is 5.16. The molecule has 3 rings (SSSR count). The van der Waals surface area contributed by atoms with Crippen molar-refractivity contribution in [3.05, 3.63) is 42.1 Å². The molecular weight excluding hydrogens is 288 g/mol. The Kier molecular flexibility index (Phi) is 3.46. The number of aryl methyl sites for hydroxylation is 1. The first-order valence-electron chi connectivity index (χ1n) is 6.85. The summed E-state index contributed by atoms with van der Waals surface area (Å²) in [5.41, 5.74) is 7.45. The van der Waals surface area contributed by atoms with Crippen molar-refractivity contribution in [2.45, 2.75) is 17.4 Å². The maximum absolute atomic E-state index is 12.9. The van der Waals surface area contributed by atoms with Gasteiger partial charge in [0.15, 0.2) is 5.03 Å². The SMILES string of the molecule is Cn1nccc1S(=O)(=O)N1CC(CCN)c2ccccc21. The quantitative estimate of drug-likeness (QED) is 0.916. The molecule has 0 aliphatic carbocycles. The first kappa shape index (κ1) is 14.1. The summed E-state index contributed by atoms with van der Waals surface area (Å²) in [5, 5.41) is 4.16. The van der Waals surface area contributed by atoms with Crippen molar-refractivity contribution < 1.29 is 8.42 Å². The van der Waals surface area contributed by atoms with Gasteiger partial charge in [0.05, 0.1) is 11.9 Å². The highest BCUT2D eigenvalue weighted by Crippen LogP contribution is 2.40. The van der Waals surface area contributed by atoms with Gasteiger partial charge in [-0.05, 0) is 30.7 Å². The fourth-order valence-corrected chi connectivity index (χ4v) is 4.50. The topological polar surface area (TPSA) is 81.2 Å². The van der Waals surface area contributed by atoms with E-state index in [-0.39, 0.29) is 10.9 Å². The number of nitrogens with zero attached hydrogens (tertiary/aromatic N) is 3. The van der Waals surface area contributed by atoms with E-state index in [1.54, 1.807) is 7.05 Å². The minimum absolute atomic E-state index is 0.147. The summed E-state index contributed by atoms with van der Waals surface area (Å²) >= 11 is 0. The van der Waals surface area contributed by atoms with Crippen LogP contribution in [-0.2, 0) is 17.1 Å². The molecule has 0 saturated heterocycles. The summed E-state index contributed by atoms with van der Waals surface area (Å²) in [5.74, 6) is 0.147. The maximum atomic E-state index is 12.9. The van der Waals surface area contributed by atoms with Gasteiger partial charge in [-0.1, -0.05) is 18.2 Å². The average Bonchev–Trinajstić information content (AvgIpc) is 3.05. The van der Waals surface area contributed by atoms with Crippen molar-refractivity contribution in [3.8, 4) is 0 Å². The van der Waals surface area contributed by atoms with Gasteiger partial charge in [0, 0.05) is 19.5 Å². The molecule has 7 heteroatoms. The largest absolute Gasteiger partial charge is 0.330 e. The summed E-state index contributed by atoms with van der Waals surface area (Å²) in [7, 11) is -1.97. The van der Waals surface area contributed by atoms with Crippen LogP contribution in [0.5, 0.6) is 0 Å². The van der Waals surface area contributed by atoms with Crippen molar-refractivity contribution in [1.82, 2.24) is 9.78 Å². The van der Waals surface area contributed by atoms with E-state index in [0.29, 0.717) is 13.1 Å². The summed E-state index contributed by atoms with van der Waals surface area (Å²) in [6.07, 6.45) is 2.26. The number of anilines is 1. The van der Waals surface area contributed by atoms with E-state index in [2.05, 4.69) is 5.10 Å². The van der Waals surface area contributed by atoms with Gasteiger partial charge in [-0.3, -0.25) is 8.99 Å². The molecule has 0 fully saturated rings. The third-order valence-electron chi connectivity index (χ3n) is 3.88. The predicted molar refractivity (Wildman–Crippen MR) is 80.6 cm³/mol. The third-order valence-corrected chi connectivity index (χ3v) is 5.73. The molecular formula is C14H18N4O2S. The van der Waals surface area contributed by atoms with Crippen LogP contribution in [0.25, 0.3) is 0 Å². The standard InChI is InChI=1S/C14H18N4O2S/c1-17-14(7-9-16-17)21(19,20)18-10-11(6-8-15)12-4-2-3-5-13(12)18/h2-5,7,9,11H,6,8,10,15H2,1H3. The summed E-state index contributed by atoms with van der Waals surface area (Å²) in [6, 6.07) is 9.14. The highest BCUT2D eigenvalue weighted by molar-refractivity contribution is 7.92. The molecule has 1 aromatic carbocycles. The molecule has 1 unspecified atom stereocenters. The molecule has 21 heavy (non-hydrogen) atoms. The molecule has 6 nitrogen and oxygen atoms in total. The van der Waals surface area contributed by atoms with Crippen LogP contribution in [0.3, 0.4) is 0 Å². The molecule has 0 amide bonds. The smallest absolute Gasteiger partial charge is 0.281 e. The Morgan fingerprint density at radius 1 is 1.33 bits per heavy atom. The third kappa shape index (κ3) is 2.22. The number of para-hydroxylation sites is 1. The van der Waals surface area contributed by atoms with E-state index in [0.717, 1.165) is 17.7 Å². The van der Waals surface area contributed by atoms with Gasteiger partial charge >= 0.3 is 0 Å². The highest BCUT2D eigenvalue weighted by Gasteiger charge is 2.37. The zero-order valence-corrected chi connectivity index (χ0v) is 12.6. The molecule has 112 valence electrons. The van der Waals surface area contributed by atoms with Gasteiger partial charge in [-0.15, -0.1) is 0 Å². The van der Waals surface area contributed by atoms with E-state index in [1.807, 2.05) is 24.3 Å². The second-order valence-electron chi connectivity index (χ2n) is 5.16. The van der Waals surface area contributed by atoms with Crippen LogP contribution >= 0.6 is 0 Å². The molecule has 0 saturated carbocycles. The molecule has 2 aromatic rings. The average molecular weight is 306 g/mol. The minimum Gasteiger partial charge on any atom is -0.330 e. The van der Waals surface area contributed by atoms with Gasteiger partial charge in [0.25, 0.3) is 10.0 Å². The number of fused-ring (bicyclic) bond motifs is 1. The summed E-state index contributed by atoms with van der Waals surface area (Å²) in [6.45, 7) is 0.975. The number of sulfonamides is 1. The van der Waals surface area contributed by atoms with Crippen LogP contribution in [0, 0.1) is 0 Å². The fourth-order valence-electron chi connectivity index (χ4n) is 2.86. The zero-order valence-electron chi connectivity index (χ0n) is 11.8. The molecule has 0 bridgehead atoms. The molecule has 1 aliphatic heterocycles. The van der Waals surface area contributed by atoms with Crippen molar-refractivity contribution in [2.24, 2.45) is 12.8 Å². The first-order chi connectivity index (χ1) is 10.1. The summed E-state index contributed by atoms with van der Waals surface area (Å²) < 4.78 is 28.6. The van der Waals surface area contributed by atoms with Crippen LogP contribution in [0.4, 0.5) is 5.69 Å². The molecule has 0 spiro atoms. The Hall–Kier alpha value is -1.86. The number of benzene rings is 1. The van der Waals surface area contributed by atoms with E-state index < -0.39 is 10.0 Å². The lowest BCUT2D eigenvalue weighted by molar-refractivity contribution is 0.569. The van der Waals surface area contributed by atoms with E-state index >= 15 is 0 Å². The van der Waals surface area contributed by atoms with E-state index in [9.17, 15) is 8.42 Å². The van der Waals surface area contributed by atoms with Crippen molar-refractivity contribution in [2.75, 3.05) is 17.4 Å². The minimum atomic E-state index is -3.60. The Morgan fingerprint density at radius 3 is 2.76 bits per heavy atom. The van der Waals surface area contributed by atoms with Crippen LogP contribution in [0.1, 0.15) is 17.9 Å². The molecule has 2 heterocycles. The Labute approximate surface area is 124 Å². The lowest BCUT2D eigenvalue weighted by Crippen LogP contribution is -2.31. The summed E-state index contributed by atoms with van der Waals surface area (Å²) in [4.78, 5) is 0. The molecule has 1 atom stereocenters. The van der Waals surface area contributed by atoms with Gasteiger partial charge in [-0.2, -0.15) is 13.5 Å². The number of rotatable bonds is 4. The molecule has 2 N–H and O–H groups in total. The number of nitrogens with two attached hydrogens (primary N) is 1. The van der Waals surface area contributed by atoms with Crippen molar-refractivity contribution in [3.63, 3.8) is 0 Å².